The van der Waals surface area contributed by atoms with E-state index in [4.69, 9.17) is 11.5 Å². The van der Waals surface area contributed by atoms with Gasteiger partial charge in [0.05, 0.1) is 5.56 Å². The SMILES string of the molecule is CC(=Cc1c(C(=O)O)cccc1-c1ccccc1)C(=O)N=C(N)N. The van der Waals surface area contributed by atoms with Crippen molar-refractivity contribution in [2.24, 2.45) is 16.5 Å². The predicted molar refractivity (Wildman–Crippen MR) is 93.3 cm³/mol. The lowest BCUT2D eigenvalue weighted by atomic mass is 9.94. The van der Waals surface area contributed by atoms with Crippen molar-refractivity contribution in [2.75, 3.05) is 0 Å². The Bertz CT molecular complexity index is 836. The molecule has 6 heteroatoms. The number of carbonyl (C=O) groups excluding carboxylic acids is 1. The molecule has 24 heavy (non-hydrogen) atoms. The van der Waals surface area contributed by atoms with E-state index in [-0.39, 0.29) is 17.1 Å². The summed E-state index contributed by atoms with van der Waals surface area (Å²) < 4.78 is 0. The normalized spacial score (nSPS) is 11.0. The van der Waals surface area contributed by atoms with Gasteiger partial charge in [0.25, 0.3) is 5.91 Å². The summed E-state index contributed by atoms with van der Waals surface area (Å²) in [7, 11) is 0. The van der Waals surface area contributed by atoms with Gasteiger partial charge < -0.3 is 16.6 Å². The minimum absolute atomic E-state index is 0.0909. The molecule has 0 unspecified atom stereocenters. The van der Waals surface area contributed by atoms with Crippen molar-refractivity contribution in [2.45, 2.75) is 6.92 Å². The molecule has 2 aromatic rings. The molecule has 0 saturated heterocycles. The number of nitrogens with two attached hydrogens (primary N) is 2. The minimum atomic E-state index is -1.08. The number of nitrogens with zero attached hydrogens (tertiary/aromatic N) is 1. The maximum Gasteiger partial charge on any atom is 0.336 e. The summed E-state index contributed by atoms with van der Waals surface area (Å²) in [6.45, 7) is 1.53. The van der Waals surface area contributed by atoms with Crippen LogP contribution in [0.1, 0.15) is 22.8 Å². The van der Waals surface area contributed by atoms with E-state index in [0.717, 1.165) is 5.56 Å². The van der Waals surface area contributed by atoms with Crippen LogP contribution in [-0.2, 0) is 4.79 Å². The topological polar surface area (TPSA) is 119 Å². The predicted octanol–water partition coefficient (Wildman–Crippen LogP) is 2.26. The Morgan fingerprint density at radius 2 is 1.71 bits per heavy atom. The third kappa shape index (κ3) is 3.86. The fraction of sp³-hybridized carbons (Fsp3) is 0.0556. The van der Waals surface area contributed by atoms with E-state index >= 15 is 0 Å². The summed E-state index contributed by atoms with van der Waals surface area (Å²) in [4.78, 5) is 26.9. The standard InChI is InChI=1S/C18H17N3O3/c1-11(16(22)21-18(19)20)10-15-13(12-6-3-2-4-7-12)8-5-9-14(15)17(23)24/h2-10H,1H3,(H,23,24)(H4,19,20,21,22). The van der Waals surface area contributed by atoms with Crippen LogP contribution in [0.25, 0.3) is 17.2 Å². The molecule has 0 heterocycles. The van der Waals surface area contributed by atoms with Crippen molar-refractivity contribution in [1.82, 2.24) is 0 Å². The van der Waals surface area contributed by atoms with Crippen LogP contribution in [-0.4, -0.2) is 22.9 Å². The molecule has 5 N–H and O–H groups in total. The molecule has 0 aliphatic carbocycles. The molecule has 1 amide bonds. The Morgan fingerprint density at radius 3 is 2.29 bits per heavy atom. The number of carboxylic acid groups (broad SMARTS) is 1. The molecule has 0 atom stereocenters. The molecule has 0 spiro atoms. The Morgan fingerprint density at radius 1 is 1.04 bits per heavy atom. The molecular weight excluding hydrogens is 306 g/mol. The number of aliphatic imine (C=N–C) groups is 1. The quantitative estimate of drug-likeness (QED) is 0.453. The van der Waals surface area contributed by atoms with Gasteiger partial charge in [-0.2, -0.15) is 4.99 Å². The van der Waals surface area contributed by atoms with Crippen molar-refractivity contribution in [3.05, 3.63) is 65.2 Å². The molecule has 0 aromatic heterocycles. The Kier molecular flexibility index (Phi) is 5.11. The van der Waals surface area contributed by atoms with E-state index in [9.17, 15) is 14.7 Å². The smallest absolute Gasteiger partial charge is 0.336 e. The second-order valence-corrected chi connectivity index (χ2v) is 5.11. The van der Waals surface area contributed by atoms with E-state index in [1.54, 1.807) is 12.1 Å². The molecular formula is C18H17N3O3. The first kappa shape index (κ1) is 17.0. The molecule has 122 valence electrons. The van der Waals surface area contributed by atoms with E-state index in [1.165, 1.54) is 19.1 Å². The number of hydrogen-bond acceptors (Lipinski definition) is 2. The van der Waals surface area contributed by atoms with E-state index in [1.807, 2.05) is 30.3 Å². The maximum atomic E-state index is 11.9. The van der Waals surface area contributed by atoms with Gasteiger partial charge in [0.2, 0.25) is 0 Å². The number of aromatic carboxylic acids is 1. The Labute approximate surface area is 139 Å². The second-order valence-electron chi connectivity index (χ2n) is 5.11. The number of amides is 1. The van der Waals surface area contributed by atoms with Crippen molar-refractivity contribution >= 4 is 23.9 Å². The third-order valence-corrected chi connectivity index (χ3v) is 3.35. The highest BCUT2D eigenvalue weighted by Gasteiger charge is 2.15. The van der Waals surface area contributed by atoms with Crippen molar-refractivity contribution < 1.29 is 14.7 Å². The van der Waals surface area contributed by atoms with Crippen LogP contribution < -0.4 is 11.5 Å². The lowest BCUT2D eigenvalue weighted by molar-refractivity contribution is -0.114. The van der Waals surface area contributed by atoms with Gasteiger partial charge in [0.1, 0.15) is 0 Å². The molecule has 6 nitrogen and oxygen atoms in total. The highest BCUT2D eigenvalue weighted by molar-refractivity contribution is 6.06. The van der Waals surface area contributed by atoms with Crippen LogP contribution in [0.3, 0.4) is 0 Å². The summed E-state index contributed by atoms with van der Waals surface area (Å²) in [5.74, 6) is -2.04. The number of rotatable bonds is 4. The summed E-state index contributed by atoms with van der Waals surface area (Å²) in [5.41, 5.74) is 12.7. The van der Waals surface area contributed by atoms with E-state index in [2.05, 4.69) is 4.99 Å². The molecule has 0 radical (unpaired) electrons. The van der Waals surface area contributed by atoms with Gasteiger partial charge in [-0.05, 0) is 35.8 Å². The first-order valence-corrected chi connectivity index (χ1v) is 7.14. The molecule has 0 fully saturated rings. The van der Waals surface area contributed by atoms with Crippen LogP contribution in [0.2, 0.25) is 0 Å². The van der Waals surface area contributed by atoms with Crippen LogP contribution in [0.15, 0.2) is 59.1 Å². The van der Waals surface area contributed by atoms with Crippen LogP contribution in [0.5, 0.6) is 0 Å². The number of carboxylic acids is 1. The zero-order chi connectivity index (χ0) is 17.7. The largest absolute Gasteiger partial charge is 0.478 e. The Balaban J connectivity index is 2.65. The average molecular weight is 323 g/mol. The second kappa shape index (κ2) is 7.23. The molecule has 0 saturated carbocycles. The highest BCUT2D eigenvalue weighted by atomic mass is 16.4. The summed E-state index contributed by atoms with van der Waals surface area (Å²) in [6.07, 6.45) is 1.49. The zero-order valence-corrected chi connectivity index (χ0v) is 13.1. The number of guanidine groups is 1. The fourth-order valence-electron chi connectivity index (χ4n) is 2.26. The van der Waals surface area contributed by atoms with Gasteiger partial charge in [0.15, 0.2) is 5.96 Å². The van der Waals surface area contributed by atoms with Crippen molar-refractivity contribution in [3.63, 3.8) is 0 Å². The Hall–Kier alpha value is -3.41. The number of benzene rings is 2. The van der Waals surface area contributed by atoms with Crippen LogP contribution in [0.4, 0.5) is 0 Å². The van der Waals surface area contributed by atoms with E-state index < -0.39 is 11.9 Å². The molecule has 0 aliphatic heterocycles. The molecule has 0 bridgehead atoms. The van der Waals surface area contributed by atoms with Gasteiger partial charge in [-0.25, -0.2) is 4.79 Å². The van der Waals surface area contributed by atoms with Gasteiger partial charge >= 0.3 is 5.97 Å². The first-order valence-electron chi connectivity index (χ1n) is 7.14. The minimum Gasteiger partial charge on any atom is -0.478 e. The monoisotopic (exact) mass is 323 g/mol. The number of carbonyl (C=O) groups is 2. The number of hydrogen-bond donors (Lipinski definition) is 3. The molecule has 2 rings (SSSR count). The molecule has 0 aliphatic rings. The van der Waals surface area contributed by atoms with Crippen molar-refractivity contribution in [1.29, 1.82) is 0 Å². The van der Waals surface area contributed by atoms with Gasteiger partial charge in [-0.1, -0.05) is 42.5 Å². The molecule has 2 aromatic carbocycles. The van der Waals surface area contributed by atoms with Crippen LogP contribution in [0, 0.1) is 0 Å². The summed E-state index contributed by atoms with van der Waals surface area (Å²) in [5, 5.41) is 9.45. The zero-order valence-electron chi connectivity index (χ0n) is 13.1. The fourth-order valence-corrected chi connectivity index (χ4v) is 2.26. The highest BCUT2D eigenvalue weighted by Crippen LogP contribution is 2.28. The van der Waals surface area contributed by atoms with E-state index in [0.29, 0.717) is 11.1 Å². The van der Waals surface area contributed by atoms with Crippen LogP contribution >= 0.6 is 0 Å². The van der Waals surface area contributed by atoms with Crippen molar-refractivity contribution in [3.8, 4) is 11.1 Å². The van der Waals surface area contributed by atoms with Gasteiger partial charge in [0, 0.05) is 5.57 Å². The van der Waals surface area contributed by atoms with Gasteiger partial charge in [-0.3, -0.25) is 4.79 Å². The average Bonchev–Trinajstić information content (AvgIpc) is 2.55. The lowest BCUT2D eigenvalue weighted by Crippen LogP contribution is -2.24. The summed E-state index contributed by atoms with van der Waals surface area (Å²) >= 11 is 0. The third-order valence-electron chi connectivity index (χ3n) is 3.35. The first-order chi connectivity index (χ1) is 11.4. The summed E-state index contributed by atoms with van der Waals surface area (Å²) in [6, 6.07) is 14.3. The van der Waals surface area contributed by atoms with Gasteiger partial charge in [-0.15, -0.1) is 0 Å². The maximum absolute atomic E-state index is 11.9. The lowest BCUT2D eigenvalue weighted by Gasteiger charge is -2.10.